The van der Waals surface area contributed by atoms with Crippen molar-refractivity contribution >= 4 is 34.3 Å². The number of anilines is 1. The number of carbonyl (C=O) groups excluding carboxylic acids is 3. The zero-order valence-electron chi connectivity index (χ0n) is 27.6. The van der Waals surface area contributed by atoms with Gasteiger partial charge in [0.1, 0.15) is 17.6 Å². The van der Waals surface area contributed by atoms with Gasteiger partial charge in [-0.3, -0.25) is 19.4 Å². The van der Waals surface area contributed by atoms with Crippen LogP contribution < -0.4 is 20.7 Å². The quantitative estimate of drug-likeness (QED) is 0.160. The molecule has 2 aromatic heterocycles. The van der Waals surface area contributed by atoms with Crippen LogP contribution in [-0.2, 0) is 4.79 Å². The molecule has 6 rings (SSSR count). The average Bonchev–Trinajstić information content (AvgIpc) is 3.63. The van der Waals surface area contributed by atoms with Crippen molar-refractivity contribution < 1.29 is 23.5 Å². The summed E-state index contributed by atoms with van der Waals surface area (Å²) < 4.78 is 11.9. The van der Waals surface area contributed by atoms with Crippen LogP contribution in [0.1, 0.15) is 38.9 Å². The molecule has 1 unspecified atom stereocenters. The fraction of sp³-hybridized carbons (Fsp3) is 0.263. The van der Waals surface area contributed by atoms with E-state index in [0.717, 1.165) is 23.9 Å². The molecule has 1 aliphatic heterocycles. The summed E-state index contributed by atoms with van der Waals surface area (Å²) in [5.74, 6) is 0.246. The van der Waals surface area contributed by atoms with E-state index in [-0.39, 0.29) is 17.6 Å². The predicted molar refractivity (Wildman–Crippen MR) is 189 cm³/mol. The van der Waals surface area contributed by atoms with Gasteiger partial charge < -0.3 is 34.9 Å². The van der Waals surface area contributed by atoms with Crippen LogP contribution in [0.15, 0.2) is 102 Å². The van der Waals surface area contributed by atoms with E-state index >= 15 is 0 Å². The van der Waals surface area contributed by atoms with Crippen LogP contribution in [0.2, 0.25) is 0 Å². The summed E-state index contributed by atoms with van der Waals surface area (Å²) in [7, 11) is 4.04. The SMILES string of the molecule is CN(C)CCCOc1ccc(C(NC(=O)c2ccc(-c3cccc(NC(=O)c4ccc5ncccc5c4)c3)o2)C(=O)N2CCNCC2)cc1. The van der Waals surface area contributed by atoms with Crippen molar-refractivity contribution in [3.8, 4) is 17.1 Å². The first-order valence-corrected chi connectivity index (χ1v) is 16.4. The molecule has 0 aliphatic carbocycles. The smallest absolute Gasteiger partial charge is 0.287 e. The van der Waals surface area contributed by atoms with Crippen molar-refractivity contribution in [2.75, 3.05) is 58.7 Å². The lowest BCUT2D eigenvalue weighted by Gasteiger charge is -2.31. The van der Waals surface area contributed by atoms with Crippen LogP contribution in [0.25, 0.3) is 22.2 Å². The van der Waals surface area contributed by atoms with Gasteiger partial charge in [-0.2, -0.15) is 0 Å². The molecule has 3 amide bonds. The monoisotopic (exact) mass is 660 g/mol. The first-order chi connectivity index (χ1) is 23.8. The maximum Gasteiger partial charge on any atom is 0.287 e. The van der Waals surface area contributed by atoms with Crippen molar-refractivity contribution in [3.05, 3.63) is 114 Å². The Hall–Kier alpha value is -5.52. The van der Waals surface area contributed by atoms with Gasteiger partial charge in [-0.1, -0.05) is 30.3 Å². The van der Waals surface area contributed by atoms with Gasteiger partial charge in [-0.05, 0) is 86.7 Å². The molecule has 1 saturated heterocycles. The molecular weight excluding hydrogens is 620 g/mol. The number of carbonyl (C=O) groups is 3. The molecule has 11 nitrogen and oxygen atoms in total. The number of rotatable bonds is 12. The summed E-state index contributed by atoms with van der Waals surface area (Å²) in [5, 5.41) is 9.98. The molecule has 3 heterocycles. The standard InChI is InChI=1S/C38H40N6O5/c1-43(2)20-5-23-48-31-12-9-26(10-13-31)35(38(47)44-21-18-39-19-22-44)42-37(46)34-16-15-33(49-34)28-6-3-8-30(25-28)41-36(45)29-11-14-32-27(24-29)7-4-17-40-32/h3-4,6-17,24-25,35,39H,5,18-23H2,1-2H3,(H,41,45)(H,42,46). The summed E-state index contributed by atoms with van der Waals surface area (Å²) in [6.07, 6.45) is 2.61. The number of nitrogens with zero attached hydrogens (tertiary/aromatic N) is 3. The molecule has 5 aromatic rings. The number of amides is 3. The molecule has 252 valence electrons. The number of furan rings is 1. The second-order valence-corrected chi connectivity index (χ2v) is 12.2. The fourth-order valence-electron chi connectivity index (χ4n) is 5.67. The van der Waals surface area contributed by atoms with E-state index in [1.807, 2.05) is 62.6 Å². The zero-order chi connectivity index (χ0) is 34.2. The molecule has 0 spiro atoms. The third kappa shape index (κ3) is 8.50. The molecule has 1 fully saturated rings. The largest absolute Gasteiger partial charge is 0.494 e. The predicted octanol–water partition coefficient (Wildman–Crippen LogP) is 4.98. The molecule has 3 N–H and O–H groups in total. The number of ether oxygens (including phenoxy) is 1. The Morgan fingerprint density at radius 1 is 0.939 bits per heavy atom. The summed E-state index contributed by atoms with van der Waals surface area (Å²) in [6, 6.07) is 25.9. The Balaban J connectivity index is 1.14. The van der Waals surface area contributed by atoms with Gasteiger partial charge >= 0.3 is 0 Å². The molecule has 1 aliphatic rings. The second kappa shape index (κ2) is 15.6. The third-order valence-corrected chi connectivity index (χ3v) is 8.28. The van der Waals surface area contributed by atoms with E-state index in [1.54, 1.807) is 53.6 Å². The zero-order valence-corrected chi connectivity index (χ0v) is 27.6. The van der Waals surface area contributed by atoms with Gasteiger partial charge in [0.05, 0.1) is 12.1 Å². The van der Waals surface area contributed by atoms with E-state index in [1.165, 1.54) is 0 Å². The molecule has 1 atom stereocenters. The van der Waals surface area contributed by atoms with Gasteiger partial charge in [-0.25, -0.2) is 0 Å². The summed E-state index contributed by atoms with van der Waals surface area (Å²) in [4.78, 5) is 48.5. The molecule has 0 saturated carbocycles. The van der Waals surface area contributed by atoms with Gasteiger partial charge in [-0.15, -0.1) is 0 Å². The molecule has 0 bridgehead atoms. The third-order valence-electron chi connectivity index (χ3n) is 8.28. The summed E-state index contributed by atoms with van der Waals surface area (Å²) >= 11 is 0. The van der Waals surface area contributed by atoms with Crippen molar-refractivity contribution in [3.63, 3.8) is 0 Å². The van der Waals surface area contributed by atoms with Crippen LogP contribution in [0.4, 0.5) is 5.69 Å². The minimum Gasteiger partial charge on any atom is -0.494 e. The van der Waals surface area contributed by atoms with Crippen molar-refractivity contribution in [2.24, 2.45) is 0 Å². The van der Waals surface area contributed by atoms with E-state index in [9.17, 15) is 14.4 Å². The number of benzene rings is 3. The summed E-state index contributed by atoms with van der Waals surface area (Å²) in [5.41, 5.74) is 3.22. The first kappa shape index (κ1) is 33.4. The van der Waals surface area contributed by atoms with E-state index in [4.69, 9.17) is 9.15 Å². The molecule has 49 heavy (non-hydrogen) atoms. The van der Waals surface area contributed by atoms with Crippen LogP contribution in [0.5, 0.6) is 5.75 Å². The Kier molecular flexibility index (Phi) is 10.6. The van der Waals surface area contributed by atoms with E-state index in [0.29, 0.717) is 66.7 Å². The van der Waals surface area contributed by atoms with Crippen LogP contribution in [0.3, 0.4) is 0 Å². The number of hydrogen-bond donors (Lipinski definition) is 3. The summed E-state index contributed by atoms with van der Waals surface area (Å²) in [6.45, 7) is 3.98. The number of piperazine rings is 1. The lowest BCUT2D eigenvalue weighted by molar-refractivity contribution is -0.134. The molecule has 11 heteroatoms. The van der Waals surface area contributed by atoms with Crippen LogP contribution >= 0.6 is 0 Å². The number of aromatic nitrogens is 1. The minimum absolute atomic E-state index is 0.0631. The molecule has 0 radical (unpaired) electrons. The van der Waals surface area contributed by atoms with Crippen molar-refractivity contribution in [1.82, 2.24) is 25.4 Å². The van der Waals surface area contributed by atoms with Gasteiger partial charge in [0, 0.05) is 61.1 Å². The van der Waals surface area contributed by atoms with Gasteiger partial charge in [0.15, 0.2) is 5.76 Å². The Morgan fingerprint density at radius 3 is 2.55 bits per heavy atom. The van der Waals surface area contributed by atoms with Crippen molar-refractivity contribution in [2.45, 2.75) is 12.5 Å². The van der Waals surface area contributed by atoms with Crippen LogP contribution in [0, 0.1) is 0 Å². The first-order valence-electron chi connectivity index (χ1n) is 16.4. The maximum atomic E-state index is 13.7. The number of nitrogens with one attached hydrogen (secondary N) is 3. The molecular formula is C38H40N6O5. The van der Waals surface area contributed by atoms with E-state index in [2.05, 4.69) is 25.8 Å². The highest BCUT2D eigenvalue weighted by Crippen LogP contribution is 2.27. The Labute approximate surface area is 285 Å². The lowest BCUT2D eigenvalue weighted by atomic mass is 10.0. The minimum atomic E-state index is -0.911. The van der Waals surface area contributed by atoms with Gasteiger partial charge in [0.2, 0.25) is 5.91 Å². The van der Waals surface area contributed by atoms with Gasteiger partial charge in [0.25, 0.3) is 11.8 Å². The fourth-order valence-corrected chi connectivity index (χ4v) is 5.67. The highest BCUT2D eigenvalue weighted by molar-refractivity contribution is 6.06. The number of pyridine rings is 1. The Bertz CT molecular complexity index is 1920. The Morgan fingerprint density at radius 2 is 1.76 bits per heavy atom. The molecule has 3 aromatic carbocycles. The number of fused-ring (bicyclic) bond motifs is 1. The maximum absolute atomic E-state index is 13.7. The average molecular weight is 661 g/mol. The normalized spacial score (nSPS) is 13.7. The van der Waals surface area contributed by atoms with Crippen molar-refractivity contribution in [1.29, 1.82) is 0 Å². The van der Waals surface area contributed by atoms with Crippen LogP contribution in [-0.4, -0.2) is 85.9 Å². The topological polar surface area (TPSA) is 129 Å². The highest BCUT2D eigenvalue weighted by atomic mass is 16.5. The highest BCUT2D eigenvalue weighted by Gasteiger charge is 2.29. The van der Waals surface area contributed by atoms with E-state index < -0.39 is 11.9 Å². The lowest BCUT2D eigenvalue weighted by Crippen LogP contribution is -2.50. The second-order valence-electron chi connectivity index (χ2n) is 12.2. The number of hydrogen-bond acceptors (Lipinski definition) is 8.